The van der Waals surface area contributed by atoms with Gasteiger partial charge in [-0.1, -0.05) is 85.4 Å². The molecule has 0 N–H and O–H groups in total. The lowest BCUT2D eigenvalue weighted by Gasteiger charge is -2.31. The van der Waals surface area contributed by atoms with Gasteiger partial charge in [-0.15, -0.1) is 0 Å². The van der Waals surface area contributed by atoms with Crippen molar-refractivity contribution in [2.75, 3.05) is 0 Å². The number of hydrogen-bond donors (Lipinski definition) is 0. The van der Waals surface area contributed by atoms with Crippen molar-refractivity contribution < 1.29 is 9.59 Å². The molecule has 0 atom stereocenters. The van der Waals surface area contributed by atoms with Crippen LogP contribution in [0, 0.1) is 0 Å². The van der Waals surface area contributed by atoms with Crippen LogP contribution in [-0.2, 0) is 0 Å². The third-order valence-corrected chi connectivity index (χ3v) is 9.16. The molecular weight excluding hydrogens is 312 g/mol. The van der Waals surface area contributed by atoms with Gasteiger partial charge in [-0.05, 0) is 15.6 Å². The van der Waals surface area contributed by atoms with Gasteiger partial charge in [0.2, 0.25) is 0 Å². The zero-order valence-electron chi connectivity index (χ0n) is 13.5. The number of hydrogen-bond acceptors (Lipinski definition) is 2. The molecule has 24 heavy (non-hydrogen) atoms. The summed E-state index contributed by atoms with van der Waals surface area (Å²) in [5.41, 5.74) is 1.38. The van der Waals surface area contributed by atoms with E-state index >= 15 is 0 Å². The summed E-state index contributed by atoms with van der Waals surface area (Å²) in [5.74, 6) is 0. The molecule has 0 radical (unpaired) electrons. The second kappa shape index (κ2) is 6.77. The lowest BCUT2D eigenvalue weighted by atomic mass is 10.2. The van der Waals surface area contributed by atoms with Gasteiger partial charge < -0.3 is 0 Å². The maximum Gasteiger partial charge on any atom is 0.149 e. The second-order valence-electron chi connectivity index (χ2n) is 5.90. The number of benzene rings is 3. The summed E-state index contributed by atoms with van der Waals surface area (Å²) in [7, 11) is -2.47. The van der Waals surface area contributed by atoms with Gasteiger partial charge in [-0.2, -0.15) is 0 Å². The third kappa shape index (κ3) is 2.63. The molecule has 0 fully saturated rings. The van der Waals surface area contributed by atoms with Gasteiger partial charge in [-0.25, -0.2) is 0 Å². The van der Waals surface area contributed by atoms with Crippen LogP contribution in [0.2, 0.25) is 6.55 Å². The molecule has 118 valence electrons. The van der Waals surface area contributed by atoms with Crippen LogP contribution >= 0.6 is 0 Å². The molecule has 0 spiro atoms. The van der Waals surface area contributed by atoms with E-state index in [-0.39, 0.29) is 0 Å². The molecule has 0 aliphatic rings. The van der Waals surface area contributed by atoms with Crippen molar-refractivity contribution in [1.29, 1.82) is 0 Å². The average molecular weight is 330 g/mol. The Morgan fingerprint density at radius 3 is 1.50 bits per heavy atom. The van der Waals surface area contributed by atoms with Crippen LogP contribution in [0.25, 0.3) is 0 Å². The van der Waals surface area contributed by atoms with E-state index in [1.807, 2.05) is 66.7 Å². The molecule has 0 saturated carbocycles. The van der Waals surface area contributed by atoms with Crippen molar-refractivity contribution in [3.05, 3.63) is 90.0 Å². The van der Waals surface area contributed by atoms with Gasteiger partial charge in [0.25, 0.3) is 0 Å². The van der Waals surface area contributed by atoms with Crippen molar-refractivity contribution in [3.63, 3.8) is 0 Å². The molecule has 2 nitrogen and oxygen atoms in total. The van der Waals surface area contributed by atoms with E-state index in [0.29, 0.717) is 11.1 Å². The molecule has 0 aromatic heterocycles. The normalized spacial score (nSPS) is 11.0. The van der Waals surface area contributed by atoms with Crippen LogP contribution in [0.3, 0.4) is 0 Å². The summed E-state index contributed by atoms with van der Waals surface area (Å²) >= 11 is 0. The van der Waals surface area contributed by atoms with Gasteiger partial charge in [0, 0.05) is 11.1 Å². The minimum absolute atomic E-state index is 0.691. The topological polar surface area (TPSA) is 34.1 Å². The fourth-order valence-electron chi connectivity index (χ4n) is 3.34. The molecule has 0 amide bonds. The highest BCUT2D eigenvalue weighted by Gasteiger charge is 2.37. The molecule has 0 aliphatic carbocycles. The molecule has 0 aliphatic heterocycles. The van der Waals surface area contributed by atoms with E-state index in [4.69, 9.17) is 0 Å². The highest BCUT2D eigenvalue weighted by Crippen LogP contribution is 2.11. The van der Waals surface area contributed by atoms with Crippen LogP contribution in [-0.4, -0.2) is 20.6 Å². The smallest absolute Gasteiger partial charge is 0.149 e. The average Bonchev–Trinajstić information content (AvgIpc) is 2.68. The second-order valence-corrected chi connectivity index (χ2v) is 9.81. The Labute approximate surface area is 142 Å². The molecule has 3 aromatic rings. The van der Waals surface area contributed by atoms with Crippen LogP contribution in [0.1, 0.15) is 20.7 Å². The predicted octanol–water partition coefficient (Wildman–Crippen LogP) is 2.41. The number of carbonyl (C=O) groups is 2. The van der Waals surface area contributed by atoms with Gasteiger partial charge in [0.05, 0.1) is 0 Å². The summed E-state index contributed by atoms with van der Waals surface area (Å²) in [6.07, 6.45) is 1.82. The van der Waals surface area contributed by atoms with Crippen LogP contribution in [0.5, 0.6) is 0 Å². The molecule has 0 bridgehead atoms. The highest BCUT2D eigenvalue weighted by molar-refractivity contribution is 7.11. The van der Waals surface area contributed by atoms with Gasteiger partial charge in [-0.3, -0.25) is 9.59 Å². The van der Waals surface area contributed by atoms with E-state index in [1.54, 1.807) is 0 Å². The zero-order chi connectivity index (χ0) is 17.0. The van der Waals surface area contributed by atoms with Gasteiger partial charge in [0.1, 0.15) is 20.6 Å². The van der Waals surface area contributed by atoms with E-state index in [2.05, 4.69) is 18.7 Å². The summed E-state index contributed by atoms with van der Waals surface area (Å²) < 4.78 is 0. The van der Waals surface area contributed by atoms with Gasteiger partial charge in [0.15, 0.2) is 0 Å². The van der Waals surface area contributed by atoms with Crippen molar-refractivity contribution in [1.82, 2.24) is 0 Å². The molecule has 0 heterocycles. The SMILES string of the molecule is C[Si](c1ccccc1)(c1ccccc1C=O)c1ccccc1C=O. The molecule has 3 aromatic carbocycles. The first-order valence-corrected chi connectivity index (χ1v) is 10.4. The van der Waals surface area contributed by atoms with E-state index in [9.17, 15) is 9.59 Å². The Bertz CT molecular complexity index is 820. The Kier molecular flexibility index (Phi) is 4.54. The fourth-order valence-corrected chi connectivity index (χ4v) is 7.41. The molecule has 3 heteroatoms. The van der Waals surface area contributed by atoms with Crippen LogP contribution in [0.15, 0.2) is 78.9 Å². The first-order chi connectivity index (χ1) is 11.7. The van der Waals surface area contributed by atoms with Crippen molar-refractivity contribution in [3.8, 4) is 0 Å². The van der Waals surface area contributed by atoms with E-state index in [1.165, 1.54) is 5.19 Å². The first kappa shape index (κ1) is 16.1. The Balaban J connectivity index is 2.38. The monoisotopic (exact) mass is 330 g/mol. The van der Waals surface area contributed by atoms with Crippen molar-refractivity contribution in [2.24, 2.45) is 0 Å². The molecule has 0 saturated heterocycles. The summed E-state index contributed by atoms with van der Waals surface area (Å²) in [4.78, 5) is 23.3. The quantitative estimate of drug-likeness (QED) is 0.409. The maximum atomic E-state index is 11.6. The summed E-state index contributed by atoms with van der Waals surface area (Å²) in [6, 6.07) is 25.6. The van der Waals surface area contributed by atoms with E-state index in [0.717, 1.165) is 22.9 Å². The number of rotatable bonds is 5. The largest absolute Gasteiger partial charge is 0.298 e. The van der Waals surface area contributed by atoms with E-state index < -0.39 is 8.07 Å². The maximum absolute atomic E-state index is 11.6. The van der Waals surface area contributed by atoms with Crippen LogP contribution < -0.4 is 15.6 Å². The Morgan fingerprint density at radius 2 is 1.04 bits per heavy atom. The Hall–Kier alpha value is -2.78. The lowest BCUT2D eigenvalue weighted by molar-refractivity contribution is 0.111. The number of aldehydes is 2. The van der Waals surface area contributed by atoms with Gasteiger partial charge >= 0.3 is 0 Å². The molecule has 3 rings (SSSR count). The van der Waals surface area contributed by atoms with Crippen LogP contribution in [0.4, 0.5) is 0 Å². The minimum Gasteiger partial charge on any atom is -0.298 e. The predicted molar refractivity (Wildman–Crippen MR) is 101 cm³/mol. The standard InChI is InChI=1S/C21H18O2Si/c1-24(19-11-3-2-4-12-19,20-13-7-5-9-17(20)15-22)21-14-8-6-10-18(21)16-23/h2-16H,1H3. The van der Waals surface area contributed by atoms with Crippen molar-refractivity contribution >= 4 is 36.2 Å². The fraction of sp³-hybridized carbons (Fsp3) is 0.0476. The Morgan fingerprint density at radius 1 is 0.625 bits per heavy atom. The van der Waals surface area contributed by atoms with Crippen molar-refractivity contribution in [2.45, 2.75) is 6.55 Å². The minimum atomic E-state index is -2.47. The first-order valence-electron chi connectivity index (χ1n) is 7.86. The molecule has 0 unspecified atom stereocenters. The summed E-state index contributed by atoms with van der Waals surface area (Å²) in [5, 5.41) is 3.23. The molecular formula is C21H18O2Si. The zero-order valence-corrected chi connectivity index (χ0v) is 14.5. The summed E-state index contributed by atoms with van der Waals surface area (Å²) in [6.45, 7) is 2.20. The third-order valence-electron chi connectivity index (χ3n) is 4.60. The number of carbonyl (C=O) groups excluding carboxylic acids is 2. The lowest BCUT2D eigenvalue weighted by Crippen LogP contribution is -2.66. The highest BCUT2D eigenvalue weighted by atomic mass is 28.3.